The van der Waals surface area contributed by atoms with Crippen LogP contribution in [0.3, 0.4) is 0 Å². The van der Waals surface area contributed by atoms with E-state index in [9.17, 15) is 27.9 Å². The maximum Gasteiger partial charge on any atom is 0.433 e. The normalized spacial score (nSPS) is 11.3. The number of halogens is 5. The summed E-state index contributed by atoms with van der Waals surface area (Å²) in [5.41, 5.74) is -0.886. The van der Waals surface area contributed by atoms with Crippen molar-refractivity contribution >= 4 is 51.5 Å². The maximum absolute atomic E-state index is 12.6. The van der Waals surface area contributed by atoms with Gasteiger partial charge < -0.3 is 15.7 Å². The lowest BCUT2D eigenvalue weighted by molar-refractivity contribution is -0.141. The van der Waals surface area contributed by atoms with Crippen LogP contribution in [0, 0.1) is 0 Å². The molecule has 0 atom stereocenters. The zero-order valence-electron chi connectivity index (χ0n) is 15.0. The van der Waals surface area contributed by atoms with Gasteiger partial charge >= 0.3 is 6.18 Å². The summed E-state index contributed by atoms with van der Waals surface area (Å²) in [4.78, 5) is 31.8. The van der Waals surface area contributed by atoms with Crippen molar-refractivity contribution < 1.29 is 27.9 Å². The van der Waals surface area contributed by atoms with Gasteiger partial charge in [0.1, 0.15) is 16.4 Å². The van der Waals surface area contributed by atoms with Crippen LogP contribution in [0.4, 0.5) is 18.2 Å². The molecule has 3 aromatic rings. The number of aromatic nitrogens is 3. The summed E-state index contributed by atoms with van der Waals surface area (Å²) in [7, 11) is 0. The molecule has 0 bridgehead atoms. The maximum atomic E-state index is 12.6. The fourth-order valence-corrected chi connectivity index (χ4v) is 3.31. The molecule has 14 heteroatoms. The van der Waals surface area contributed by atoms with Crippen LogP contribution in [0.5, 0.6) is 5.75 Å². The lowest BCUT2D eigenvalue weighted by atomic mass is 10.2. The number of hydrogen-bond donors (Lipinski definition) is 3. The van der Waals surface area contributed by atoms with Crippen molar-refractivity contribution in [3.63, 3.8) is 0 Å². The first-order valence-corrected chi connectivity index (χ1v) is 9.70. The highest BCUT2D eigenvalue weighted by atomic mass is 35.5. The van der Waals surface area contributed by atoms with Crippen LogP contribution in [-0.2, 0) is 12.7 Å². The molecule has 0 saturated heterocycles. The summed E-state index contributed by atoms with van der Waals surface area (Å²) in [6.07, 6.45) is -2.34. The molecule has 8 nitrogen and oxygen atoms in total. The van der Waals surface area contributed by atoms with E-state index in [4.69, 9.17) is 23.2 Å². The Hall–Kier alpha value is -2.96. The van der Waals surface area contributed by atoms with Gasteiger partial charge in [0.05, 0.1) is 16.8 Å². The predicted molar refractivity (Wildman–Crippen MR) is 106 cm³/mol. The minimum atomic E-state index is -4.56. The molecule has 0 aliphatic rings. The van der Waals surface area contributed by atoms with E-state index in [1.54, 1.807) is 0 Å². The van der Waals surface area contributed by atoms with Crippen LogP contribution in [0.1, 0.15) is 32.1 Å². The SMILES string of the molecule is O=C(Nc1sncc1C(=O)NCc1ccc(C(F)(F)F)nc1)c1cc(Cl)c(O)c(Cl)n1. The summed E-state index contributed by atoms with van der Waals surface area (Å²) < 4.78 is 41.5. The molecule has 3 heterocycles. The Kier molecular flexibility index (Phi) is 6.62. The van der Waals surface area contributed by atoms with Gasteiger partial charge in [0.15, 0.2) is 10.9 Å². The van der Waals surface area contributed by atoms with E-state index in [1.807, 2.05) is 0 Å². The van der Waals surface area contributed by atoms with E-state index in [0.717, 1.165) is 29.9 Å². The first kappa shape index (κ1) is 22.7. The Balaban J connectivity index is 1.67. The van der Waals surface area contributed by atoms with Gasteiger partial charge in [-0.25, -0.2) is 4.98 Å². The molecule has 3 aromatic heterocycles. The second-order valence-electron chi connectivity index (χ2n) is 5.88. The molecule has 0 aliphatic carbocycles. The first-order chi connectivity index (χ1) is 14.6. The number of pyridine rings is 2. The summed E-state index contributed by atoms with van der Waals surface area (Å²) >= 11 is 12.3. The largest absolute Gasteiger partial charge is 0.504 e. The Morgan fingerprint density at radius 1 is 1.16 bits per heavy atom. The number of nitrogens with one attached hydrogen (secondary N) is 2. The van der Waals surface area contributed by atoms with E-state index in [-0.39, 0.29) is 33.0 Å². The zero-order chi connectivity index (χ0) is 22.8. The van der Waals surface area contributed by atoms with E-state index >= 15 is 0 Å². The molecule has 0 aliphatic heterocycles. The lowest BCUT2D eigenvalue weighted by Gasteiger charge is -2.09. The van der Waals surface area contributed by atoms with E-state index < -0.39 is 29.4 Å². The van der Waals surface area contributed by atoms with Crippen LogP contribution in [0.2, 0.25) is 10.2 Å². The summed E-state index contributed by atoms with van der Waals surface area (Å²) in [6, 6.07) is 3.09. The molecule has 3 rings (SSSR count). The quantitative estimate of drug-likeness (QED) is 0.461. The molecule has 0 radical (unpaired) electrons. The number of aromatic hydroxyl groups is 1. The van der Waals surface area contributed by atoms with Gasteiger partial charge in [-0.15, -0.1) is 0 Å². The van der Waals surface area contributed by atoms with Gasteiger partial charge in [-0.05, 0) is 29.2 Å². The topological polar surface area (TPSA) is 117 Å². The monoisotopic (exact) mass is 491 g/mol. The number of alkyl halides is 3. The minimum absolute atomic E-state index is 0.0224. The summed E-state index contributed by atoms with van der Waals surface area (Å²) in [6.45, 7) is -0.0993. The van der Waals surface area contributed by atoms with Crippen molar-refractivity contribution in [2.45, 2.75) is 12.7 Å². The molecular formula is C17H10Cl2F3N5O3S. The van der Waals surface area contributed by atoms with Gasteiger partial charge in [-0.1, -0.05) is 29.3 Å². The Morgan fingerprint density at radius 3 is 2.52 bits per heavy atom. The molecule has 0 saturated carbocycles. The third-order valence-corrected chi connectivity index (χ3v) is 5.01. The predicted octanol–water partition coefficient (Wildman–Crippen LogP) is 4.15. The van der Waals surface area contributed by atoms with Crippen molar-refractivity contribution in [1.29, 1.82) is 0 Å². The molecule has 3 N–H and O–H groups in total. The fourth-order valence-electron chi connectivity index (χ4n) is 2.23. The Bertz CT molecular complexity index is 1120. The first-order valence-electron chi connectivity index (χ1n) is 8.17. The summed E-state index contributed by atoms with van der Waals surface area (Å²) in [5, 5.41) is 14.0. The number of amides is 2. The van der Waals surface area contributed by atoms with Crippen LogP contribution >= 0.6 is 34.7 Å². The van der Waals surface area contributed by atoms with Gasteiger partial charge in [0.2, 0.25) is 0 Å². The number of carbonyl (C=O) groups is 2. The van der Waals surface area contributed by atoms with Crippen LogP contribution in [0.15, 0.2) is 30.6 Å². The number of nitrogens with zero attached hydrogens (tertiary/aromatic N) is 3. The van der Waals surface area contributed by atoms with Crippen molar-refractivity contribution in [3.05, 3.63) is 63.3 Å². The average molecular weight is 492 g/mol. The average Bonchev–Trinajstić information content (AvgIpc) is 3.17. The Labute approximate surface area is 186 Å². The molecule has 162 valence electrons. The molecule has 2 amide bonds. The molecular weight excluding hydrogens is 482 g/mol. The number of hydrogen-bond acceptors (Lipinski definition) is 7. The van der Waals surface area contributed by atoms with Crippen molar-refractivity contribution in [2.24, 2.45) is 0 Å². The highest BCUT2D eigenvalue weighted by Gasteiger charge is 2.32. The van der Waals surface area contributed by atoms with Gasteiger partial charge in [0, 0.05) is 12.7 Å². The number of carbonyl (C=O) groups excluding carboxylic acids is 2. The van der Waals surface area contributed by atoms with Crippen LogP contribution in [-0.4, -0.2) is 31.3 Å². The molecule has 31 heavy (non-hydrogen) atoms. The zero-order valence-corrected chi connectivity index (χ0v) is 17.3. The third-order valence-electron chi connectivity index (χ3n) is 3.75. The van der Waals surface area contributed by atoms with Crippen LogP contribution < -0.4 is 10.6 Å². The standard InChI is InChI=1S/C17H10Cl2F3N5O3S/c18-9-3-10(26-13(19)12(9)28)15(30)27-16-8(6-25-31-16)14(29)24-5-7-1-2-11(23-4-7)17(20,21)22/h1-4,6,28H,5H2,(H,24,29)(H,27,30). The van der Waals surface area contributed by atoms with Gasteiger partial charge in [-0.2, -0.15) is 17.5 Å². The van der Waals surface area contributed by atoms with Crippen LogP contribution in [0.25, 0.3) is 0 Å². The van der Waals surface area contributed by atoms with E-state index in [0.29, 0.717) is 5.56 Å². The molecule has 0 unspecified atom stereocenters. The highest BCUT2D eigenvalue weighted by molar-refractivity contribution is 7.10. The molecule has 0 aromatic carbocycles. The summed E-state index contributed by atoms with van der Waals surface area (Å²) in [5.74, 6) is -1.86. The number of rotatable bonds is 5. The third kappa shape index (κ3) is 5.40. The highest BCUT2D eigenvalue weighted by Crippen LogP contribution is 2.31. The van der Waals surface area contributed by atoms with Crippen molar-refractivity contribution in [2.75, 3.05) is 5.32 Å². The second-order valence-corrected chi connectivity index (χ2v) is 7.45. The van der Waals surface area contributed by atoms with Gasteiger partial charge in [0.25, 0.3) is 11.8 Å². The van der Waals surface area contributed by atoms with Crippen molar-refractivity contribution in [1.82, 2.24) is 19.7 Å². The fraction of sp³-hybridized carbons (Fsp3) is 0.118. The van der Waals surface area contributed by atoms with Crippen molar-refractivity contribution in [3.8, 4) is 5.75 Å². The number of anilines is 1. The van der Waals surface area contributed by atoms with E-state index in [1.165, 1.54) is 12.3 Å². The second kappa shape index (κ2) is 9.04. The smallest absolute Gasteiger partial charge is 0.433 e. The molecule has 0 fully saturated rings. The minimum Gasteiger partial charge on any atom is -0.504 e. The lowest BCUT2D eigenvalue weighted by Crippen LogP contribution is -2.24. The van der Waals surface area contributed by atoms with Gasteiger partial charge in [-0.3, -0.25) is 14.6 Å². The molecule has 0 spiro atoms. The Morgan fingerprint density at radius 2 is 1.90 bits per heavy atom. The van der Waals surface area contributed by atoms with E-state index in [2.05, 4.69) is 25.0 Å².